The van der Waals surface area contributed by atoms with E-state index in [1.54, 1.807) is 0 Å². The summed E-state index contributed by atoms with van der Waals surface area (Å²) in [5.74, 6) is -1.02. The van der Waals surface area contributed by atoms with Crippen LogP contribution in [0.2, 0.25) is 0 Å². The van der Waals surface area contributed by atoms with Crippen LogP contribution in [-0.2, 0) is 4.74 Å². The monoisotopic (exact) mass is 387 g/mol. The van der Waals surface area contributed by atoms with Crippen molar-refractivity contribution in [3.05, 3.63) is 59.9 Å². The molecule has 3 rings (SSSR count). The molecule has 1 atom stereocenters. The highest BCUT2D eigenvalue weighted by atomic mass is 19.1. The average Bonchev–Trinajstić information content (AvgIpc) is 3.07. The molecule has 1 heterocycles. The SMILES string of the molecule is CCOC(C)CNc1cc(C)cc(Nc2ncn(-c3cc(F)cc(F)c3)n2)c1. The van der Waals surface area contributed by atoms with Gasteiger partial charge in [0.25, 0.3) is 0 Å². The number of ether oxygens (including phenoxy) is 1. The molecule has 0 spiro atoms. The van der Waals surface area contributed by atoms with Gasteiger partial charge in [-0.25, -0.2) is 13.5 Å². The Morgan fingerprint density at radius 1 is 1.07 bits per heavy atom. The van der Waals surface area contributed by atoms with E-state index < -0.39 is 11.6 Å². The molecule has 0 aliphatic carbocycles. The van der Waals surface area contributed by atoms with Gasteiger partial charge in [-0.1, -0.05) is 0 Å². The normalized spacial score (nSPS) is 12.0. The maximum absolute atomic E-state index is 13.4. The standard InChI is InChI=1S/C20H23F2N5O/c1-4-28-14(3)11-23-17-5-13(2)6-18(10-17)25-20-24-12-27(26-20)19-8-15(21)7-16(22)9-19/h5-10,12,14,23H,4,11H2,1-3H3,(H,25,26). The molecule has 0 aliphatic rings. The van der Waals surface area contributed by atoms with Gasteiger partial charge in [-0.3, -0.25) is 0 Å². The third kappa shape index (κ3) is 5.26. The number of nitrogens with one attached hydrogen (secondary N) is 2. The summed E-state index contributed by atoms with van der Waals surface area (Å²) >= 11 is 0. The number of rotatable bonds is 8. The number of nitrogens with zero attached hydrogens (tertiary/aromatic N) is 3. The number of anilines is 3. The lowest BCUT2D eigenvalue weighted by atomic mass is 10.2. The van der Waals surface area contributed by atoms with Crippen molar-refractivity contribution in [2.75, 3.05) is 23.8 Å². The molecule has 0 bridgehead atoms. The maximum atomic E-state index is 13.4. The molecule has 0 fully saturated rings. The number of aryl methyl sites for hydroxylation is 1. The van der Waals surface area contributed by atoms with Crippen LogP contribution < -0.4 is 10.6 Å². The summed E-state index contributed by atoms with van der Waals surface area (Å²) in [6.45, 7) is 7.33. The van der Waals surface area contributed by atoms with Gasteiger partial charge in [0.15, 0.2) is 0 Å². The van der Waals surface area contributed by atoms with Crippen molar-refractivity contribution in [2.45, 2.75) is 26.9 Å². The van der Waals surface area contributed by atoms with Gasteiger partial charge in [-0.05, 0) is 56.7 Å². The van der Waals surface area contributed by atoms with Crippen molar-refractivity contribution in [3.63, 3.8) is 0 Å². The zero-order valence-electron chi connectivity index (χ0n) is 16.0. The van der Waals surface area contributed by atoms with Gasteiger partial charge in [-0.15, -0.1) is 5.10 Å². The van der Waals surface area contributed by atoms with E-state index in [2.05, 4.69) is 20.7 Å². The maximum Gasteiger partial charge on any atom is 0.246 e. The fourth-order valence-electron chi connectivity index (χ4n) is 2.81. The van der Waals surface area contributed by atoms with Gasteiger partial charge in [0.1, 0.15) is 18.0 Å². The van der Waals surface area contributed by atoms with E-state index in [9.17, 15) is 8.78 Å². The van der Waals surface area contributed by atoms with E-state index in [0.29, 0.717) is 19.1 Å². The van der Waals surface area contributed by atoms with Crippen LogP contribution in [0.1, 0.15) is 19.4 Å². The van der Waals surface area contributed by atoms with Crippen LogP contribution >= 0.6 is 0 Å². The van der Waals surface area contributed by atoms with Gasteiger partial charge in [0.05, 0.1) is 11.8 Å². The summed E-state index contributed by atoms with van der Waals surface area (Å²) in [5.41, 5.74) is 3.06. The predicted octanol–water partition coefficient (Wildman–Crippen LogP) is 4.43. The second-order valence-corrected chi connectivity index (χ2v) is 6.50. The Bertz CT molecular complexity index is 924. The Morgan fingerprint density at radius 3 is 2.50 bits per heavy atom. The molecule has 0 saturated carbocycles. The van der Waals surface area contributed by atoms with E-state index >= 15 is 0 Å². The smallest absolute Gasteiger partial charge is 0.246 e. The van der Waals surface area contributed by atoms with E-state index in [0.717, 1.165) is 23.0 Å². The highest BCUT2D eigenvalue weighted by Gasteiger charge is 2.08. The molecule has 0 saturated heterocycles. The molecule has 1 unspecified atom stereocenters. The summed E-state index contributed by atoms with van der Waals surface area (Å²) in [6.07, 6.45) is 1.50. The summed E-state index contributed by atoms with van der Waals surface area (Å²) in [7, 11) is 0. The quantitative estimate of drug-likeness (QED) is 0.599. The van der Waals surface area contributed by atoms with Crippen LogP contribution in [0.4, 0.5) is 26.1 Å². The Hall–Kier alpha value is -3.00. The number of benzene rings is 2. The Balaban J connectivity index is 1.72. The van der Waals surface area contributed by atoms with E-state index in [1.807, 2.05) is 39.0 Å². The molecule has 0 radical (unpaired) electrons. The number of halogens is 2. The van der Waals surface area contributed by atoms with Crippen LogP contribution in [0.5, 0.6) is 0 Å². The first-order valence-corrected chi connectivity index (χ1v) is 9.05. The lowest BCUT2D eigenvalue weighted by Gasteiger charge is -2.15. The molecule has 0 amide bonds. The molecule has 2 aromatic carbocycles. The van der Waals surface area contributed by atoms with Crippen LogP contribution in [0.3, 0.4) is 0 Å². The zero-order valence-corrected chi connectivity index (χ0v) is 16.0. The third-order valence-corrected chi connectivity index (χ3v) is 3.98. The molecular weight excluding hydrogens is 364 g/mol. The molecule has 2 N–H and O–H groups in total. The van der Waals surface area contributed by atoms with Gasteiger partial charge in [0.2, 0.25) is 5.95 Å². The van der Waals surface area contributed by atoms with Gasteiger partial charge >= 0.3 is 0 Å². The first kappa shape index (κ1) is 19.8. The van der Waals surface area contributed by atoms with Crippen molar-refractivity contribution >= 4 is 17.3 Å². The molecule has 6 nitrogen and oxygen atoms in total. The molecule has 0 aliphatic heterocycles. The van der Waals surface area contributed by atoms with Crippen LogP contribution in [0.15, 0.2) is 42.7 Å². The first-order valence-electron chi connectivity index (χ1n) is 9.05. The van der Waals surface area contributed by atoms with Gasteiger partial charge in [0, 0.05) is 30.6 Å². The minimum Gasteiger partial charge on any atom is -0.382 e. The van der Waals surface area contributed by atoms with Crippen molar-refractivity contribution in [2.24, 2.45) is 0 Å². The second-order valence-electron chi connectivity index (χ2n) is 6.50. The molecule has 28 heavy (non-hydrogen) atoms. The topological polar surface area (TPSA) is 64.0 Å². The van der Waals surface area contributed by atoms with Gasteiger partial charge in [-0.2, -0.15) is 4.98 Å². The number of hydrogen-bond donors (Lipinski definition) is 2. The molecule has 3 aromatic rings. The highest BCUT2D eigenvalue weighted by Crippen LogP contribution is 2.21. The predicted molar refractivity (Wildman–Crippen MR) is 105 cm³/mol. The van der Waals surface area contributed by atoms with E-state index in [4.69, 9.17) is 4.74 Å². The van der Waals surface area contributed by atoms with Crippen molar-refractivity contribution in [3.8, 4) is 5.69 Å². The summed E-state index contributed by atoms with van der Waals surface area (Å²) in [5, 5.41) is 10.7. The van der Waals surface area contributed by atoms with Gasteiger partial charge < -0.3 is 15.4 Å². The van der Waals surface area contributed by atoms with Crippen LogP contribution in [0, 0.1) is 18.6 Å². The fourth-order valence-corrected chi connectivity index (χ4v) is 2.81. The van der Waals surface area contributed by atoms with Crippen molar-refractivity contribution in [1.29, 1.82) is 0 Å². The van der Waals surface area contributed by atoms with Crippen LogP contribution in [-0.4, -0.2) is 34.0 Å². The average molecular weight is 387 g/mol. The lowest BCUT2D eigenvalue weighted by molar-refractivity contribution is 0.0855. The molecule has 1 aromatic heterocycles. The molecule has 8 heteroatoms. The summed E-state index contributed by atoms with van der Waals surface area (Å²) in [6, 6.07) is 9.12. The second kappa shape index (κ2) is 8.79. The van der Waals surface area contributed by atoms with Crippen LogP contribution in [0.25, 0.3) is 5.69 Å². The Morgan fingerprint density at radius 2 is 1.79 bits per heavy atom. The Labute approximate surface area is 162 Å². The minimum absolute atomic E-state index is 0.103. The van der Waals surface area contributed by atoms with E-state index in [1.165, 1.54) is 23.1 Å². The van der Waals surface area contributed by atoms with Crippen molar-refractivity contribution < 1.29 is 13.5 Å². The molecule has 148 valence electrons. The summed E-state index contributed by atoms with van der Waals surface area (Å²) < 4.78 is 33.6. The number of hydrogen-bond acceptors (Lipinski definition) is 5. The molecular formula is C20H23F2N5O. The largest absolute Gasteiger partial charge is 0.382 e. The number of aromatic nitrogens is 3. The lowest BCUT2D eigenvalue weighted by Crippen LogP contribution is -2.19. The fraction of sp³-hybridized carbons (Fsp3) is 0.300. The Kier molecular flexibility index (Phi) is 6.20. The minimum atomic E-state index is -0.671. The highest BCUT2D eigenvalue weighted by molar-refractivity contribution is 5.63. The zero-order chi connectivity index (χ0) is 20.1. The third-order valence-electron chi connectivity index (χ3n) is 3.98. The van der Waals surface area contributed by atoms with E-state index in [-0.39, 0.29) is 11.8 Å². The summed E-state index contributed by atoms with van der Waals surface area (Å²) in [4.78, 5) is 4.16. The van der Waals surface area contributed by atoms with Crippen molar-refractivity contribution in [1.82, 2.24) is 14.8 Å². The first-order chi connectivity index (χ1) is 13.4.